The first-order valence-corrected chi connectivity index (χ1v) is 5.22. The lowest BCUT2D eigenvalue weighted by molar-refractivity contribution is 0.465. The molecule has 1 heteroatoms. The van der Waals surface area contributed by atoms with Gasteiger partial charge in [0.2, 0.25) is 0 Å². The van der Waals surface area contributed by atoms with Crippen molar-refractivity contribution in [3.63, 3.8) is 0 Å². The van der Waals surface area contributed by atoms with E-state index in [4.69, 9.17) is 0 Å². The smallest absolute Gasteiger partial charge is 0.0751 e. The molecule has 0 spiro atoms. The Kier molecular flexibility index (Phi) is 2.34. The summed E-state index contributed by atoms with van der Waals surface area (Å²) < 4.78 is 0. The van der Waals surface area contributed by atoms with Crippen molar-refractivity contribution in [2.75, 3.05) is 0 Å². The number of allylic oxidation sites excluding steroid dienone is 2. The third-order valence-electron chi connectivity index (χ3n) is 3.10. The highest BCUT2D eigenvalue weighted by molar-refractivity contribution is 5.87. The summed E-state index contributed by atoms with van der Waals surface area (Å²) in [6, 6.07) is 0.446. The summed E-state index contributed by atoms with van der Waals surface area (Å²) in [7, 11) is 0. The molecule has 3 unspecified atom stereocenters. The summed E-state index contributed by atoms with van der Waals surface area (Å²) in [5.41, 5.74) is 1.35. The molecule has 0 N–H and O–H groups in total. The number of rotatable bonds is 2. The van der Waals surface area contributed by atoms with Crippen molar-refractivity contribution in [1.82, 2.24) is 0 Å². The van der Waals surface area contributed by atoms with Gasteiger partial charge < -0.3 is 0 Å². The standard InChI is InChI=1S/C12H17N/c1-3-6-10-9(2)13-12-8-5-4-7-11(10)12/h4-5,7-8,10-12H,3,6H2,1-2H3. The number of aliphatic imine (C=N–C) groups is 1. The van der Waals surface area contributed by atoms with Gasteiger partial charge in [0.15, 0.2) is 0 Å². The van der Waals surface area contributed by atoms with Gasteiger partial charge >= 0.3 is 0 Å². The second kappa shape index (κ2) is 3.49. The minimum atomic E-state index is 0.446. The van der Waals surface area contributed by atoms with Gasteiger partial charge in [0.1, 0.15) is 0 Å². The van der Waals surface area contributed by atoms with Crippen LogP contribution in [0.5, 0.6) is 0 Å². The van der Waals surface area contributed by atoms with E-state index in [9.17, 15) is 0 Å². The molecule has 1 heterocycles. The van der Waals surface area contributed by atoms with Crippen LogP contribution in [0, 0.1) is 11.8 Å². The Balaban J connectivity index is 2.17. The fourth-order valence-corrected chi connectivity index (χ4v) is 2.44. The Bertz CT molecular complexity index is 273. The van der Waals surface area contributed by atoms with Crippen LogP contribution in [-0.4, -0.2) is 11.8 Å². The normalized spacial score (nSPS) is 36.2. The maximum Gasteiger partial charge on any atom is 0.0751 e. The summed E-state index contributed by atoms with van der Waals surface area (Å²) in [5, 5.41) is 0. The first-order valence-electron chi connectivity index (χ1n) is 5.22. The summed E-state index contributed by atoms with van der Waals surface area (Å²) in [6.07, 6.45) is 11.4. The molecule has 0 aromatic rings. The molecule has 13 heavy (non-hydrogen) atoms. The van der Waals surface area contributed by atoms with E-state index in [2.05, 4.69) is 43.1 Å². The minimum absolute atomic E-state index is 0.446. The van der Waals surface area contributed by atoms with E-state index in [1.807, 2.05) is 0 Å². The van der Waals surface area contributed by atoms with E-state index in [-0.39, 0.29) is 0 Å². The predicted octanol–water partition coefficient (Wildman–Crippen LogP) is 2.99. The molecule has 0 radical (unpaired) electrons. The molecule has 0 bridgehead atoms. The molecule has 1 nitrogen and oxygen atoms in total. The fraction of sp³-hybridized carbons (Fsp3) is 0.583. The SMILES string of the molecule is CCCC1C(C)=NC2C=CC=CC21. The van der Waals surface area contributed by atoms with Crippen LogP contribution < -0.4 is 0 Å². The molecule has 0 amide bonds. The Labute approximate surface area is 80.3 Å². The second-order valence-corrected chi connectivity index (χ2v) is 4.00. The lowest BCUT2D eigenvalue weighted by Gasteiger charge is -2.20. The van der Waals surface area contributed by atoms with Gasteiger partial charge in [-0.25, -0.2) is 0 Å². The van der Waals surface area contributed by atoms with Crippen molar-refractivity contribution >= 4 is 5.71 Å². The summed E-state index contributed by atoms with van der Waals surface area (Å²) in [5.74, 6) is 1.36. The van der Waals surface area contributed by atoms with Crippen molar-refractivity contribution in [1.29, 1.82) is 0 Å². The Morgan fingerprint density at radius 3 is 2.85 bits per heavy atom. The van der Waals surface area contributed by atoms with Gasteiger partial charge in [-0.1, -0.05) is 37.6 Å². The quantitative estimate of drug-likeness (QED) is 0.612. The number of fused-ring (bicyclic) bond motifs is 1. The maximum atomic E-state index is 4.69. The average molecular weight is 175 g/mol. The minimum Gasteiger partial charge on any atom is -0.286 e. The van der Waals surface area contributed by atoms with Gasteiger partial charge in [0.25, 0.3) is 0 Å². The van der Waals surface area contributed by atoms with Crippen molar-refractivity contribution in [3.05, 3.63) is 24.3 Å². The highest BCUT2D eigenvalue weighted by Crippen LogP contribution is 2.34. The molecule has 2 rings (SSSR count). The van der Waals surface area contributed by atoms with Crippen LogP contribution in [0.25, 0.3) is 0 Å². The lowest BCUT2D eigenvalue weighted by atomic mass is 9.82. The van der Waals surface area contributed by atoms with E-state index < -0.39 is 0 Å². The molecule has 70 valence electrons. The van der Waals surface area contributed by atoms with Crippen LogP contribution >= 0.6 is 0 Å². The fourth-order valence-electron chi connectivity index (χ4n) is 2.44. The first kappa shape index (κ1) is 8.74. The summed E-state index contributed by atoms with van der Waals surface area (Å²) >= 11 is 0. The zero-order valence-corrected chi connectivity index (χ0v) is 8.40. The highest BCUT2D eigenvalue weighted by atomic mass is 14.9. The topological polar surface area (TPSA) is 12.4 Å². The zero-order chi connectivity index (χ0) is 9.26. The van der Waals surface area contributed by atoms with E-state index in [0.29, 0.717) is 17.9 Å². The molecule has 0 aromatic heterocycles. The lowest BCUT2D eigenvalue weighted by Crippen LogP contribution is -2.20. The Hall–Kier alpha value is -0.850. The van der Waals surface area contributed by atoms with E-state index in [1.165, 1.54) is 18.6 Å². The third-order valence-corrected chi connectivity index (χ3v) is 3.10. The van der Waals surface area contributed by atoms with Gasteiger partial charge in [-0.15, -0.1) is 0 Å². The Morgan fingerprint density at radius 1 is 1.31 bits per heavy atom. The van der Waals surface area contributed by atoms with E-state index in [0.717, 1.165) is 0 Å². The number of nitrogens with zero attached hydrogens (tertiary/aromatic N) is 1. The average Bonchev–Trinajstić information content (AvgIpc) is 2.44. The van der Waals surface area contributed by atoms with Gasteiger partial charge in [-0.2, -0.15) is 0 Å². The van der Waals surface area contributed by atoms with Crippen LogP contribution in [0.4, 0.5) is 0 Å². The van der Waals surface area contributed by atoms with Gasteiger partial charge in [-0.05, 0) is 13.3 Å². The third kappa shape index (κ3) is 1.48. The van der Waals surface area contributed by atoms with Crippen molar-refractivity contribution in [3.8, 4) is 0 Å². The van der Waals surface area contributed by atoms with Crippen LogP contribution in [-0.2, 0) is 0 Å². The molecule has 2 aliphatic rings. The molecule has 0 saturated heterocycles. The molecular formula is C12H17N. The zero-order valence-electron chi connectivity index (χ0n) is 8.40. The van der Waals surface area contributed by atoms with E-state index in [1.54, 1.807) is 0 Å². The predicted molar refractivity (Wildman–Crippen MR) is 57.1 cm³/mol. The van der Waals surface area contributed by atoms with Crippen LogP contribution in [0.3, 0.4) is 0 Å². The van der Waals surface area contributed by atoms with Crippen LogP contribution in [0.15, 0.2) is 29.3 Å². The monoisotopic (exact) mass is 175 g/mol. The van der Waals surface area contributed by atoms with Crippen LogP contribution in [0.1, 0.15) is 26.7 Å². The first-order chi connectivity index (χ1) is 6.33. The van der Waals surface area contributed by atoms with Gasteiger partial charge in [0, 0.05) is 17.5 Å². The maximum absolute atomic E-state index is 4.69. The number of hydrogen-bond donors (Lipinski definition) is 0. The van der Waals surface area contributed by atoms with Crippen LogP contribution in [0.2, 0.25) is 0 Å². The van der Waals surface area contributed by atoms with Gasteiger partial charge in [-0.3, -0.25) is 4.99 Å². The molecule has 0 aromatic carbocycles. The van der Waals surface area contributed by atoms with Crippen molar-refractivity contribution in [2.24, 2.45) is 16.8 Å². The summed E-state index contributed by atoms with van der Waals surface area (Å²) in [4.78, 5) is 4.69. The molecular weight excluding hydrogens is 158 g/mol. The molecule has 0 saturated carbocycles. The second-order valence-electron chi connectivity index (χ2n) is 4.00. The largest absolute Gasteiger partial charge is 0.286 e. The van der Waals surface area contributed by atoms with Gasteiger partial charge in [0.05, 0.1) is 6.04 Å². The van der Waals surface area contributed by atoms with Crippen molar-refractivity contribution in [2.45, 2.75) is 32.7 Å². The molecule has 0 fully saturated rings. The van der Waals surface area contributed by atoms with Crippen molar-refractivity contribution < 1.29 is 0 Å². The molecule has 3 atom stereocenters. The summed E-state index contributed by atoms with van der Waals surface area (Å²) in [6.45, 7) is 4.43. The van der Waals surface area contributed by atoms with E-state index >= 15 is 0 Å². The number of hydrogen-bond acceptors (Lipinski definition) is 1. The Morgan fingerprint density at radius 2 is 2.08 bits per heavy atom. The highest BCUT2D eigenvalue weighted by Gasteiger charge is 2.33. The molecule has 1 aliphatic heterocycles. The molecule has 1 aliphatic carbocycles.